The first-order valence-electron chi connectivity index (χ1n) is 7.32. The topological polar surface area (TPSA) is 127 Å². The average molecular weight is 343 g/mol. The number of aromatic nitrogens is 3. The Morgan fingerprint density at radius 3 is 2.92 bits per heavy atom. The first kappa shape index (κ1) is 14.6. The summed E-state index contributed by atoms with van der Waals surface area (Å²) in [5.41, 5.74) is 7.11. The summed E-state index contributed by atoms with van der Waals surface area (Å²) >= 11 is 1.28. The van der Waals surface area contributed by atoms with E-state index in [4.69, 9.17) is 10.3 Å². The van der Waals surface area contributed by atoms with E-state index in [9.17, 15) is 9.59 Å². The first-order valence-corrected chi connectivity index (χ1v) is 8.20. The van der Waals surface area contributed by atoms with E-state index in [0.717, 1.165) is 24.2 Å². The molecule has 1 fully saturated rings. The Labute approximate surface area is 140 Å². The number of amides is 2. The van der Waals surface area contributed by atoms with E-state index in [0.29, 0.717) is 22.4 Å². The lowest BCUT2D eigenvalue weighted by molar-refractivity contribution is 0.0993. The van der Waals surface area contributed by atoms with Crippen molar-refractivity contribution in [2.75, 3.05) is 5.32 Å². The van der Waals surface area contributed by atoms with Gasteiger partial charge in [-0.2, -0.15) is 0 Å². The van der Waals surface area contributed by atoms with Crippen LogP contribution in [-0.4, -0.2) is 26.9 Å². The van der Waals surface area contributed by atoms with E-state index < -0.39 is 5.91 Å². The summed E-state index contributed by atoms with van der Waals surface area (Å²) in [4.78, 5) is 30.4. The van der Waals surface area contributed by atoms with Crippen LogP contribution in [0.5, 0.6) is 0 Å². The van der Waals surface area contributed by atoms with Gasteiger partial charge in [0.1, 0.15) is 11.5 Å². The van der Waals surface area contributed by atoms with Gasteiger partial charge in [-0.1, -0.05) is 5.16 Å². The first-order chi connectivity index (χ1) is 11.6. The molecule has 3 aromatic heterocycles. The number of H-pyrrole nitrogens is 1. The molecule has 4 N–H and O–H groups in total. The number of nitrogens with two attached hydrogens (primary N) is 1. The molecule has 9 heteroatoms. The highest BCUT2D eigenvalue weighted by Crippen LogP contribution is 2.40. The molecule has 24 heavy (non-hydrogen) atoms. The molecular weight excluding hydrogens is 330 g/mol. The number of anilines is 1. The molecule has 0 bridgehead atoms. The molecule has 3 heterocycles. The molecule has 8 nitrogen and oxygen atoms in total. The van der Waals surface area contributed by atoms with E-state index in [1.165, 1.54) is 11.3 Å². The van der Waals surface area contributed by atoms with Crippen molar-refractivity contribution in [3.63, 3.8) is 0 Å². The molecule has 0 spiro atoms. The molecule has 0 atom stereocenters. The Bertz CT molecular complexity index is 921. The average Bonchev–Trinajstić information content (AvgIpc) is 2.99. The monoisotopic (exact) mass is 343 g/mol. The zero-order chi connectivity index (χ0) is 16.7. The van der Waals surface area contributed by atoms with Crippen molar-refractivity contribution in [3.05, 3.63) is 40.9 Å². The fourth-order valence-corrected chi connectivity index (χ4v) is 2.98. The van der Waals surface area contributed by atoms with Crippen LogP contribution < -0.4 is 11.1 Å². The van der Waals surface area contributed by atoms with E-state index in [1.54, 1.807) is 23.7 Å². The van der Waals surface area contributed by atoms with Gasteiger partial charge < -0.3 is 15.2 Å². The molecule has 0 radical (unpaired) electrons. The maximum atomic E-state index is 12.2. The van der Waals surface area contributed by atoms with Gasteiger partial charge in [-0.25, -0.2) is 4.98 Å². The second kappa shape index (κ2) is 5.60. The highest BCUT2D eigenvalue weighted by molar-refractivity contribution is 7.14. The van der Waals surface area contributed by atoms with Crippen molar-refractivity contribution in [2.24, 2.45) is 5.73 Å². The molecule has 2 amide bonds. The number of aromatic amines is 1. The smallest absolute Gasteiger partial charge is 0.279 e. The molecule has 1 aliphatic rings. The van der Waals surface area contributed by atoms with Crippen molar-refractivity contribution in [2.45, 2.75) is 18.8 Å². The summed E-state index contributed by atoms with van der Waals surface area (Å²) in [6.07, 6.45) is 3.80. The van der Waals surface area contributed by atoms with Crippen LogP contribution in [0, 0.1) is 0 Å². The highest BCUT2D eigenvalue weighted by Gasteiger charge is 2.29. The van der Waals surface area contributed by atoms with Crippen LogP contribution in [0.3, 0.4) is 0 Å². The number of rotatable bonds is 5. The lowest BCUT2D eigenvalue weighted by atomic mass is 10.2. The lowest BCUT2D eigenvalue weighted by Gasteiger charge is -1.96. The molecule has 0 unspecified atom stereocenters. The third-order valence-electron chi connectivity index (χ3n) is 3.71. The molecule has 3 aromatic rings. The zero-order valence-corrected chi connectivity index (χ0v) is 13.2. The normalized spacial score (nSPS) is 13.8. The van der Waals surface area contributed by atoms with Crippen LogP contribution in [0.4, 0.5) is 5.13 Å². The lowest BCUT2D eigenvalue weighted by Crippen LogP contribution is -2.11. The van der Waals surface area contributed by atoms with E-state index in [-0.39, 0.29) is 11.6 Å². The Kier molecular flexibility index (Phi) is 3.42. The number of hydrogen-bond acceptors (Lipinski definition) is 6. The van der Waals surface area contributed by atoms with Crippen LogP contribution >= 0.6 is 11.3 Å². The maximum Gasteiger partial charge on any atom is 0.279 e. The summed E-state index contributed by atoms with van der Waals surface area (Å²) in [6, 6.07) is 3.29. The standard InChI is InChI=1S/C15H13N5O3S/c16-13(21)9-3-8(5-17-9)11-6-24-15(18-11)19-14(22)10-4-12(23-20-10)7-1-2-7/h3-7,17H,1-2H2,(H2,16,21)(H,18,19,22). The number of primary amides is 1. The Morgan fingerprint density at radius 1 is 1.38 bits per heavy atom. The summed E-state index contributed by atoms with van der Waals surface area (Å²) < 4.78 is 5.17. The third kappa shape index (κ3) is 2.81. The zero-order valence-electron chi connectivity index (χ0n) is 12.4. The quantitative estimate of drug-likeness (QED) is 0.655. The predicted molar refractivity (Wildman–Crippen MR) is 86.8 cm³/mol. The minimum Gasteiger partial charge on any atom is -0.364 e. The number of carbonyl (C=O) groups excluding carboxylic acids is 2. The van der Waals surface area contributed by atoms with Gasteiger partial charge in [0.05, 0.1) is 5.69 Å². The minimum absolute atomic E-state index is 0.242. The number of thiazole rings is 1. The molecule has 122 valence electrons. The van der Waals surface area contributed by atoms with Gasteiger partial charge >= 0.3 is 0 Å². The SMILES string of the molecule is NC(=O)c1cc(-c2csc(NC(=O)c3cc(C4CC4)on3)n2)c[nH]1. The van der Waals surface area contributed by atoms with Gasteiger partial charge in [0.15, 0.2) is 10.8 Å². The van der Waals surface area contributed by atoms with Crippen LogP contribution in [0.1, 0.15) is 45.5 Å². The van der Waals surface area contributed by atoms with Crippen LogP contribution in [0.2, 0.25) is 0 Å². The summed E-state index contributed by atoms with van der Waals surface area (Å²) in [5.74, 6) is 0.255. The van der Waals surface area contributed by atoms with Gasteiger partial charge in [-0.15, -0.1) is 11.3 Å². The van der Waals surface area contributed by atoms with Gasteiger partial charge in [-0.3, -0.25) is 14.9 Å². The Hall–Kier alpha value is -2.94. The van der Waals surface area contributed by atoms with Crippen molar-refractivity contribution in [3.8, 4) is 11.3 Å². The van der Waals surface area contributed by atoms with Gasteiger partial charge in [0, 0.05) is 29.1 Å². The molecule has 1 saturated carbocycles. The van der Waals surface area contributed by atoms with Crippen molar-refractivity contribution in [1.29, 1.82) is 0 Å². The summed E-state index contributed by atoms with van der Waals surface area (Å²) in [5, 5.41) is 8.71. The Morgan fingerprint density at radius 2 is 2.21 bits per heavy atom. The molecule has 0 saturated heterocycles. The van der Waals surface area contributed by atoms with Crippen LogP contribution in [0.15, 0.2) is 28.2 Å². The van der Waals surface area contributed by atoms with E-state index in [2.05, 4.69) is 20.4 Å². The molecule has 4 rings (SSSR count). The highest BCUT2D eigenvalue weighted by atomic mass is 32.1. The summed E-state index contributed by atoms with van der Waals surface area (Å²) in [7, 11) is 0. The van der Waals surface area contributed by atoms with E-state index in [1.807, 2.05) is 0 Å². The van der Waals surface area contributed by atoms with E-state index >= 15 is 0 Å². The Balaban J connectivity index is 1.47. The molecule has 0 aromatic carbocycles. The van der Waals surface area contributed by atoms with Crippen molar-refractivity contribution < 1.29 is 14.1 Å². The second-order valence-electron chi connectivity index (χ2n) is 5.55. The number of carbonyl (C=O) groups is 2. The number of nitrogens with one attached hydrogen (secondary N) is 2. The molecule has 1 aliphatic carbocycles. The van der Waals surface area contributed by atoms with Gasteiger partial charge in [-0.05, 0) is 18.9 Å². The van der Waals surface area contributed by atoms with Crippen LogP contribution in [-0.2, 0) is 0 Å². The minimum atomic E-state index is -0.539. The predicted octanol–water partition coefficient (Wildman–Crippen LogP) is 2.35. The van der Waals surface area contributed by atoms with Crippen LogP contribution in [0.25, 0.3) is 11.3 Å². The largest absolute Gasteiger partial charge is 0.364 e. The second-order valence-corrected chi connectivity index (χ2v) is 6.41. The molecule has 0 aliphatic heterocycles. The number of hydrogen-bond donors (Lipinski definition) is 3. The third-order valence-corrected chi connectivity index (χ3v) is 4.47. The number of nitrogens with zero attached hydrogens (tertiary/aromatic N) is 2. The molecular formula is C15H13N5O3S. The van der Waals surface area contributed by atoms with Crippen molar-refractivity contribution in [1.82, 2.24) is 15.1 Å². The van der Waals surface area contributed by atoms with Gasteiger partial charge in [0.2, 0.25) is 0 Å². The van der Waals surface area contributed by atoms with Gasteiger partial charge in [0.25, 0.3) is 11.8 Å². The van der Waals surface area contributed by atoms with Crippen molar-refractivity contribution >= 4 is 28.3 Å². The fourth-order valence-electron chi connectivity index (χ4n) is 2.27. The fraction of sp³-hybridized carbons (Fsp3) is 0.200. The maximum absolute atomic E-state index is 12.2. The summed E-state index contributed by atoms with van der Waals surface area (Å²) in [6.45, 7) is 0.